The Morgan fingerprint density at radius 2 is 1.30 bits per heavy atom. The van der Waals surface area contributed by atoms with Crippen LogP contribution in [0.2, 0.25) is 36.3 Å². The van der Waals surface area contributed by atoms with Crippen LogP contribution >= 0.6 is 0 Å². The van der Waals surface area contributed by atoms with Gasteiger partial charge in [-0.1, -0.05) is 53.7 Å². The molecular weight excluding hydrogens is 663 g/mol. The lowest BCUT2D eigenvalue weighted by Crippen LogP contribution is -2.43. The number of nitrogens with zero attached hydrogens (tertiary/aromatic N) is 1. The van der Waals surface area contributed by atoms with Gasteiger partial charge in [-0.05, 0) is 78.2 Å². The predicted octanol–water partition coefficient (Wildman–Crippen LogP) is 8.91. The molecule has 0 spiro atoms. The van der Waals surface area contributed by atoms with Crippen LogP contribution in [-0.4, -0.2) is 77.8 Å². The van der Waals surface area contributed by atoms with Gasteiger partial charge in [-0.15, -0.1) is 0 Å². The van der Waals surface area contributed by atoms with E-state index in [1.54, 1.807) is 6.07 Å². The molecule has 1 saturated heterocycles. The summed E-state index contributed by atoms with van der Waals surface area (Å²) < 4.78 is 31.0. The van der Waals surface area contributed by atoms with Crippen LogP contribution in [0.25, 0.3) is 11.1 Å². The average Bonchev–Trinajstić information content (AvgIpc) is 3.03. The normalized spacial score (nSPS) is 16.8. The second-order valence-electron chi connectivity index (χ2n) is 16.5. The largest absolute Gasteiger partial charge is 0.543 e. The number of aliphatic hydroxyl groups is 1. The minimum absolute atomic E-state index is 0.0124. The molecule has 0 aliphatic carbocycles. The summed E-state index contributed by atoms with van der Waals surface area (Å²) in [5, 5.41) is 23.6. The van der Waals surface area contributed by atoms with Crippen molar-refractivity contribution >= 4 is 27.8 Å². The number of aromatic hydroxyl groups is 1. The van der Waals surface area contributed by atoms with Crippen molar-refractivity contribution in [3.05, 3.63) is 77.4 Å². The van der Waals surface area contributed by atoms with Crippen LogP contribution in [0.15, 0.2) is 60.7 Å². The molecule has 10 heteroatoms. The molecule has 2 heterocycles. The number of benzene rings is 3. The van der Waals surface area contributed by atoms with Gasteiger partial charge in [0.05, 0.1) is 13.2 Å². The van der Waals surface area contributed by atoms with Crippen LogP contribution < -0.4 is 18.3 Å². The van der Waals surface area contributed by atoms with Gasteiger partial charge in [-0.3, -0.25) is 4.90 Å². The number of hydrogen-bond donors (Lipinski definition) is 2. The molecule has 8 nitrogen and oxygen atoms in total. The van der Waals surface area contributed by atoms with E-state index in [0.29, 0.717) is 40.4 Å². The monoisotopic (exact) mass is 719 g/mol. The van der Waals surface area contributed by atoms with Crippen LogP contribution in [0.3, 0.4) is 0 Å². The van der Waals surface area contributed by atoms with Crippen LogP contribution in [0.5, 0.6) is 28.7 Å². The molecule has 5 rings (SSSR count). The maximum atomic E-state index is 12.1. The van der Waals surface area contributed by atoms with E-state index in [0.717, 1.165) is 49.9 Å². The van der Waals surface area contributed by atoms with E-state index in [1.807, 2.05) is 54.6 Å². The number of fused-ring (bicyclic) bond motifs is 1. The number of phenols is 1. The summed E-state index contributed by atoms with van der Waals surface area (Å²) in [4.78, 5) is 2.34. The molecule has 1 atom stereocenters. The summed E-state index contributed by atoms with van der Waals surface area (Å²) in [5.41, 5.74) is 3.46. The van der Waals surface area contributed by atoms with Gasteiger partial charge in [0.1, 0.15) is 48.1 Å². The number of morpholine rings is 1. The SMILES string of the molecule is CC(C)(C)[Si](C)(C)Oc1ccc(C2=C(C(O)c3ccc(OCCN4CCOCC4)cc3)c3ccc(O[Si](C)(C)C(C)(C)C)cc3OC2)c(O)c1. The first-order chi connectivity index (χ1) is 23.4. The van der Waals surface area contributed by atoms with Crippen molar-refractivity contribution in [3.63, 3.8) is 0 Å². The number of rotatable bonds is 11. The van der Waals surface area contributed by atoms with Crippen molar-refractivity contribution in [3.8, 4) is 28.7 Å². The molecule has 0 aromatic heterocycles. The molecule has 1 fully saturated rings. The fourth-order valence-electron chi connectivity index (χ4n) is 5.59. The van der Waals surface area contributed by atoms with Crippen LogP contribution in [0.4, 0.5) is 0 Å². The Hall–Kier alpha value is -3.29. The van der Waals surface area contributed by atoms with Gasteiger partial charge < -0.3 is 33.3 Å². The molecule has 0 radical (unpaired) electrons. The van der Waals surface area contributed by atoms with Gasteiger partial charge in [0.2, 0.25) is 16.6 Å². The average molecular weight is 720 g/mol. The van der Waals surface area contributed by atoms with Crippen LogP contribution in [0, 0.1) is 0 Å². The van der Waals surface area contributed by atoms with E-state index >= 15 is 0 Å². The van der Waals surface area contributed by atoms with E-state index < -0.39 is 22.7 Å². The first-order valence-electron chi connectivity index (χ1n) is 17.8. The van der Waals surface area contributed by atoms with Crippen LogP contribution in [-0.2, 0) is 4.74 Å². The zero-order valence-corrected chi connectivity index (χ0v) is 33.7. The van der Waals surface area contributed by atoms with Gasteiger partial charge >= 0.3 is 0 Å². The van der Waals surface area contributed by atoms with Gasteiger partial charge in [0.25, 0.3) is 0 Å². The Balaban J connectivity index is 1.48. The zero-order valence-electron chi connectivity index (χ0n) is 31.7. The van der Waals surface area contributed by atoms with E-state index in [9.17, 15) is 10.2 Å². The second kappa shape index (κ2) is 14.8. The summed E-state index contributed by atoms with van der Waals surface area (Å²) in [6.45, 7) is 27.0. The number of hydrogen-bond acceptors (Lipinski definition) is 8. The maximum absolute atomic E-state index is 12.1. The first-order valence-corrected chi connectivity index (χ1v) is 23.6. The van der Waals surface area contributed by atoms with E-state index in [-0.39, 0.29) is 22.4 Å². The lowest BCUT2D eigenvalue weighted by molar-refractivity contribution is 0.0322. The summed E-state index contributed by atoms with van der Waals surface area (Å²) >= 11 is 0. The zero-order chi connectivity index (χ0) is 36.5. The molecule has 2 N–H and O–H groups in total. The minimum atomic E-state index is -2.12. The van der Waals surface area contributed by atoms with E-state index in [4.69, 9.17) is 23.1 Å². The number of ether oxygens (including phenoxy) is 3. The Kier molecular flexibility index (Phi) is 11.2. The third kappa shape index (κ3) is 8.59. The van der Waals surface area contributed by atoms with Gasteiger partial charge in [0, 0.05) is 54.0 Å². The summed E-state index contributed by atoms with van der Waals surface area (Å²) in [6.07, 6.45) is -0.996. The lowest BCUT2D eigenvalue weighted by Gasteiger charge is -2.37. The highest BCUT2D eigenvalue weighted by atomic mass is 28.4. The minimum Gasteiger partial charge on any atom is -0.543 e. The molecule has 3 aromatic carbocycles. The molecule has 0 bridgehead atoms. The predicted molar refractivity (Wildman–Crippen MR) is 207 cm³/mol. The Morgan fingerprint density at radius 1 is 0.760 bits per heavy atom. The topological polar surface area (TPSA) is 89.9 Å². The Labute approximate surface area is 301 Å². The summed E-state index contributed by atoms with van der Waals surface area (Å²) in [5.74, 6) is 2.85. The Morgan fingerprint density at radius 3 is 1.86 bits per heavy atom. The van der Waals surface area contributed by atoms with Crippen molar-refractivity contribution in [1.82, 2.24) is 4.90 Å². The van der Waals surface area contributed by atoms with Gasteiger partial charge in [-0.25, -0.2) is 0 Å². The smallest absolute Gasteiger partial charge is 0.250 e. The number of aliphatic hydroxyl groups excluding tert-OH is 1. The highest BCUT2D eigenvalue weighted by Crippen LogP contribution is 2.48. The fourth-order valence-corrected chi connectivity index (χ4v) is 7.63. The molecule has 1 unspecified atom stereocenters. The third-order valence-electron chi connectivity index (χ3n) is 10.8. The van der Waals surface area contributed by atoms with Crippen molar-refractivity contribution in [2.75, 3.05) is 46.1 Å². The summed E-state index contributed by atoms with van der Waals surface area (Å²) in [7, 11) is -4.22. The number of phenolic OH excluding ortho intramolecular Hbond substituents is 1. The molecule has 50 heavy (non-hydrogen) atoms. The molecule has 2 aliphatic rings. The van der Waals surface area contributed by atoms with Crippen molar-refractivity contribution in [2.24, 2.45) is 0 Å². The Bertz CT molecular complexity index is 1670. The highest BCUT2D eigenvalue weighted by molar-refractivity contribution is 6.75. The van der Waals surface area contributed by atoms with Crippen molar-refractivity contribution < 1.29 is 33.3 Å². The van der Waals surface area contributed by atoms with Gasteiger partial charge in [0.15, 0.2) is 0 Å². The standard InChI is InChI=1S/C40H57NO7Si2/c1-39(2,3)49(7,8)47-30-15-17-32(35(42)25-30)34-27-46-36-26-31(48-50(9,10)40(4,5)6)16-18-33(36)37(34)38(43)28-11-13-29(14-12-28)45-24-21-41-19-22-44-23-20-41/h11-18,25-26,38,42-43H,19-24,27H2,1-10H3. The van der Waals surface area contributed by atoms with E-state index in [1.165, 1.54) is 0 Å². The van der Waals surface area contributed by atoms with Crippen molar-refractivity contribution in [2.45, 2.75) is 83.9 Å². The highest BCUT2D eigenvalue weighted by Gasteiger charge is 2.40. The quantitative estimate of drug-likeness (QED) is 0.190. The lowest BCUT2D eigenvalue weighted by atomic mass is 9.86. The van der Waals surface area contributed by atoms with Crippen molar-refractivity contribution in [1.29, 1.82) is 0 Å². The molecular formula is C40H57NO7Si2. The van der Waals surface area contributed by atoms with Gasteiger partial charge in [-0.2, -0.15) is 0 Å². The maximum Gasteiger partial charge on any atom is 0.250 e. The third-order valence-corrected chi connectivity index (χ3v) is 19.6. The van der Waals surface area contributed by atoms with Crippen LogP contribution in [0.1, 0.15) is 64.3 Å². The van der Waals surface area contributed by atoms with E-state index in [2.05, 4.69) is 72.6 Å². The first kappa shape index (κ1) is 38.0. The molecule has 0 amide bonds. The molecule has 272 valence electrons. The fraction of sp³-hybridized carbons (Fsp3) is 0.500. The molecule has 0 saturated carbocycles. The molecule has 3 aromatic rings. The molecule has 2 aliphatic heterocycles. The summed E-state index contributed by atoms with van der Waals surface area (Å²) in [6, 6.07) is 18.9. The second-order valence-corrected chi connectivity index (χ2v) is 26.0.